The highest BCUT2D eigenvalue weighted by molar-refractivity contribution is 5.92. The Labute approximate surface area is 160 Å². The van der Waals surface area contributed by atoms with Gasteiger partial charge in [-0.05, 0) is 49.1 Å². The first kappa shape index (κ1) is 19.3. The molecule has 0 spiro atoms. The van der Waals surface area contributed by atoms with Crippen LogP contribution >= 0.6 is 0 Å². The van der Waals surface area contributed by atoms with E-state index in [4.69, 9.17) is 0 Å². The highest BCUT2D eigenvalue weighted by Gasteiger charge is 2.33. The number of aryl methyl sites for hydroxylation is 1. The van der Waals surface area contributed by atoms with E-state index in [0.717, 1.165) is 24.0 Å². The largest absolute Gasteiger partial charge is 0.348 e. The van der Waals surface area contributed by atoms with Crippen LogP contribution in [0, 0.1) is 18.3 Å². The van der Waals surface area contributed by atoms with Crippen molar-refractivity contribution in [3.63, 3.8) is 0 Å². The molecule has 0 radical (unpaired) electrons. The molecule has 2 atom stereocenters. The summed E-state index contributed by atoms with van der Waals surface area (Å²) in [4.78, 5) is 24.9. The van der Waals surface area contributed by atoms with Crippen LogP contribution in [0.4, 0.5) is 0 Å². The summed E-state index contributed by atoms with van der Waals surface area (Å²) in [7, 11) is 0. The van der Waals surface area contributed by atoms with E-state index in [0.29, 0.717) is 12.5 Å². The van der Waals surface area contributed by atoms with Gasteiger partial charge in [-0.2, -0.15) is 5.10 Å². The molecule has 2 aromatic rings. The lowest BCUT2D eigenvalue weighted by Gasteiger charge is -2.39. The first-order valence-corrected chi connectivity index (χ1v) is 9.66. The smallest absolute Gasteiger partial charge is 0.271 e. The average Bonchev–Trinajstić information content (AvgIpc) is 2.57. The molecule has 1 saturated carbocycles. The molecule has 1 fully saturated rings. The number of benzene rings is 1. The van der Waals surface area contributed by atoms with Gasteiger partial charge in [0.05, 0.1) is 6.54 Å². The van der Waals surface area contributed by atoms with E-state index in [1.54, 1.807) is 0 Å². The molecule has 1 aromatic carbocycles. The number of hydrogen-bond acceptors (Lipinski definition) is 3. The highest BCUT2D eigenvalue weighted by Crippen LogP contribution is 2.38. The van der Waals surface area contributed by atoms with Crippen molar-refractivity contribution in [3.05, 3.63) is 63.6 Å². The molecule has 0 aliphatic heterocycles. The van der Waals surface area contributed by atoms with Crippen molar-refractivity contribution in [1.29, 1.82) is 0 Å². The summed E-state index contributed by atoms with van der Waals surface area (Å²) >= 11 is 0. The van der Waals surface area contributed by atoms with Crippen LogP contribution in [0.25, 0.3) is 0 Å². The van der Waals surface area contributed by atoms with Crippen LogP contribution < -0.4 is 10.9 Å². The summed E-state index contributed by atoms with van der Waals surface area (Å²) in [5, 5.41) is 7.43. The lowest BCUT2D eigenvalue weighted by molar-refractivity contribution is 0.0867. The molecule has 2 unspecified atom stereocenters. The van der Waals surface area contributed by atoms with Crippen molar-refractivity contribution in [1.82, 2.24) is 15.1 Å². The minimum Gasteiger partial charge on any atom is -0.348 e. The molecule has 3 rings (SSSR count). The third kappa shape index (κ3) is 5.06. The number of hydrogen-bond donors (Lipinski definition) is 1. The quantitative estimate of drug-likeness (QED) is 0.899. The molecule has 0 saturated heterocycles. The molecule has 1 heterocycles. The SMILES string of the molecule is Cc1ccc(Cn2nc(C(=O)NC3CC(C)CC(C)(C)C3)ccc2=O)cc1. The third-order valence-corrected chi connectivity index (χ3v) is 5.27. The summed E-state index contributed by atoms with van der Waals surface area (Å²) < 4.78 is 1.35. The number of carbonyl (C=O) groups excluding carboxylic acids is 1. The van der Waals surface area contributed by atoms with Crippen LogP contribution in [0.3, 0.4) is 0 Å². The predicted molar refractivity (Wildman–Crippen MR) is 107 cm³/mol. The van der Waals surface area contributed by atoms with Gasteiger partial charge >= 0.3 is 0 Å². The fraction of sp³-hybridized carbons (Fsp3) is 0.500. The van der Waals surface area contributed by atoms with E-state index < -0.39 is 0 Å². The molecule has 1 aliphatic rings. The molecule has 27 heavy (non-hydrogen) atoms. The molecule has 1 aromatic heterocycles. The number of nitrogens with one attached hydrogen (secondary N) is 1. The van der Waals surface area contributed by atoms with Crippen LogP contribution in [0.1, 0.15) is 61.6 Å². The Morgan fingerprint density at radius 2 is 1.89 bits per heavy atom. The summed E-state index contributed by atoms with van der Waals surface area (Å²) in [6, 6.07) is 11.0. The fourth-order valence-corrected chi connectivity index (χ4v) is 4.27. The van der Waals surface area contributed by atoms with Crippen molar-refractivity contribution < 1.29 is 4.79 Å². The second-order valence-corrected chi connectivity index (χ2v) is 8.78. The van der Waals surface area contributed by atoms with Crippen LogP contribution in [0.2, 0.25) is 0 Å². The normalized spacial score (nSPS) is 21.6. The van der Waals surface area contributed by atoms with E-state index in [9.17, 15) is 9.59 Å². The van der Waals surface area contributed by atoms with Crippen LogP contribution in [-0.2, 0) is 6.54 Å². The monoisotopic (exact) mass is 367 g/mol. The molecule has 1 amide bonds. The standard InChI is InChI=1S/C22H29N3O2/c1-15-5-7-17(8-6-15)14-25-20(26)10-9-19(24-25)21(27)23-18-11-16(2)12-22(3,4)13-18/h5-10,16,18H,11-14H2,1-4H3,(H,23,27). The molecule has 0 bridgehead atoms. The van der Waals surface area contributed by atoms with Gasteiger partial charge in [0, 0.05) is 12.1 Å². The Bertz CT molecular complexity index is 868. The molecule has 1 N–H and O–H groups in total. The Kier molecular flexibility index (Phi) is 5.49. The minimum absolute atomic E-state index is 0.149. The maximum atomic E-state index is 12.7. The molecule has 1 aliphatic carbocycles. The number of rotatable bonds is 4. The van der Waals surface area contributed by atoms with Crippen molar-refractivity contribution in [2.24, 2.45) is 11.3 Å². The summed E-state index contributed by atoms with van der Waals surface area (Å²) in [6.07, 6.45) is 3.13. The average molecular weight is 367 g/mol. The van der Waals surface area contributed by atoms with E-state index in [-0.39, 0.29) is 28.6 Å². The zero-order valence-corrected chi connectivity index (χ0v) is 16.7. The highest BCUT2D eigenvalue weighted by atomic mass is 16.2. The van der Waals surface area contributed by atoms with Gasteiger partial charge in [0.25, 0.3) is 11.5 Å². The Morgan fingerprint density at radius 3 is 2.56 bits per heavy atom. The van der Waals surface area contributed by atoms with Gasteiger partial charge in [-0.15, -0.1) is 0 Å². The van der Waals surface area contributed by atoms with Gasteiger partial charge in [-0.1, -0.05) is 50.6 Å². The summed E-state index contributed by atoms with van der Waals surface area (Å²) in [5.74, 6) is 0.380. The van der Waals surface area contributed by atoms with Gasteiger partial charge in [0.15, 0.2) is 0 Å². The van der Waals surface area contributed by atoms with Crippen LogP contribution in [0.15, 0.2) is 41.2 Å². The summed E-state index contributed by atoms with van der Waals surface area (Å²) in [6.45, 7) is 9.12. The van der Waals surface area contributed by atoms with E-state index in [1.807, 2.05) is 31.2 Å². The first-order valence-electron chi connectivity index (χ1n) is 9.66. The zero-order valence-electron chi connectivity index (χ0n) is 16.7. The van der Waals surface area contributed by atoms with Crippen molar-refractivity contribution >= 4 is 5.91 Å². The number of amides is 1. The molecule has 5 nitrogen and oxygen atoms in total. The molecule has 144 valence electrons. The zero-order chi connectivity index (χ0) is 19.6. The van der Waals surface area contributed by atoms with Crippen molar-refractivity contribution in [3.8, 4) is 0 Å². The predicted octanol–water partition coefficient (Wildman–Crippen LogP) is 3.54. The number of carbonyl (C=O) groups is 1. The van der Waals surface area contributed by atoms with Gasteiger partial charge in [0.1, 0.15) is 5.69 Å². The Hall–Kier alpha value is -2.43. The maximum Gasteiger partial charge on any atom is 0.271 e. The van der Waals surface area contributed by atoms with Gasteiger partial charge in [-0.3, -0.25) is 9.59 Å². The lowest BCUT2D eigenvalue weighted by Crippen LogP contribution is -2.43. The Balaban J connectivity index is 1.73. The van der Waals surface area contributed by atoms with Crippen LogP contribution in [0.5, 0.6) is 0 Å². The topological polar surface area (TPSA) is 64.0 Å². The first-order chi connectivity index (χ1) is 12.7. The van der Waals surface area contributed by atoms with E-state index in [2.05, 4.69) is 31.2 Å². The fourth-order valence-electron chi connectivity index (χ4n) is 4.27. The van der Waals surface area contributed by atoms with E-state index in [1.165, 1.54) is 23.2 Å². The Morgan fingerprint density at radius 1 is 1.19 bits per heavy atom. The van der Waals surface area contributed by atoms with Gasteiger partial charge < -0.3 is 5.32 Å². The number of nitrogens with zero attached hydrogens (tertiary/aromatic N) is 2. The summed E-state index contributed by atoms with van der Waals surface area (Å²) in [5.41, 5.74) is 2.46. The van der Waals surface area contributed by atoms with Crippen LogP contribution in [-0.4, -0.2) is 21.7 Å². The maximum absolute atomic E-state index is 12.7. The van der Waals surface area contributed by atoms with Gasteiger partial charge in [-0.25, -0.2) is 4.68 Å². The van der Waals surface area contributed by atoms with E-state index >= 15 is 0 Å². The molecular weight excluding hydrogens is 338 g/mol. The van der Waals surface area contributed by atoms with Crippen molar-refractivity contribution in [2.75, 3.05) is 0 Å². The van der Waals surface area contributed by atoms with Gasteiger partial charge in [0.2, 0.25) is 0 Å². The minimum atomic E-state index is -0.209. The van der Waals surface area contributed by atoms with Crippen molar-refractivity contribution in [2.45, 2.75) is 59.5 Å². The molecular formula is C22H29N3O2. The number of aromatic nitrogens is 2. The molecule has 5 heteroatoms. The third-order valence-electron chi connectivity index (χ3n) is 5.27. The second-order valence-electron chi connectivity index (χ2n) is 8.78. The lowest BCUT2D eigenvalue weighted by atomic mass is 9.70. The second kappa shape index (κ2) is 7.67.